The summed E-state index contributed by atoms with van der Waals surface area (Å²) in [6.07, 6.45) is -0.344. The van der Waals surface area contributed by atoms with Crippen molar-refractivity contribution in [3.63, 3.8) is 0 Å². The third-order valence-corrected chi connectivity index (χ3v) is 2.50. The van der Waals surface area contributed by atoms with Crippen LogP contribution in [0.15, 0.2) is 24.7 Å². The van der Waals surface area contributed by atoms with E-state index in [0.29, 0.717) is 18.3 Å². The lowest BCUT2D eigenvalue weighted by Crippen LogP contribution is -2.22. The van der Waals surface area contributed by atoms with Crippen LogP contribution in [-0.2, 0) is 12.7 Å². The summed E-state index contributed by atoms with van der Waals surface area (Å²) in [7, 11) is 0. The molecule has 0 atom stereocenters. The van der Waals surface area contributed by atoms with Gasteiger partial charge >= 0.3 is 6.18 Å². The van der Waals surface area contributed by atoms with Crippen molar-refractivity contribution in [1.82, 2.24) is 25.1 Å². The number of alkyl halides is 3. The van der Waals surface area contributed by atoms with Gasteiger partial charge in [0.2, 0.25) is 0 Å². The molecule has 5 nitrogen and oxygen atoms in total. The predicted molar refractivity (Wildman–Crippen MR) is 66.1 cm³/mol. The van der Waals surface area contributed by atoms with Crippen LogP contribution in [0.2, 0.25) is 0 Å². The summed E-state index contributed by atoms with van der Waals surface area (Å²) in [6.45, 7) is 4.56. The Morgan fingerprint density at radius 2 is 2.00 bits per heavy atom. The molecule has 2 aromatic rings. The normalized spacial score (nSPS) is 12.1. The molecule has 0 amide bonds. The molecule has 0 fully saturated rings. The molecule has 2 heterocycles. The highest BCUT2D eigenvalue weighted by Gasteiger charge is 2.33. The van der Waals surface area contributed by atoms with Crippen molar-refractivity contribution in [2.45, 2.75) is 32.6 Å². The fourth-order valence-electron chi connectivity index (χ4n) is 1.47. The van der Waals surface area contributed by atoms with Crippen LogP contribution in [0, 0.1) is 0 Å². The zero-order valence-electron chi connectivity index (χ0n) is 11.0. The van der Waals surface area contributed by atoms with E-state index in [1.807, 2.05) is 13.8 Å². The van der Waals surface area contributed by atoms with Crippen LogP contribution in [0.1, 0.15) is 25.2 Å². The Kier molecular flexibility index (Phi) is 4.03. The first-order chi connectivity index (χ1) is 9.36. The van der Waals surface area contributed by atoms with Crippen molar-refractivity contribution in [3.8, 4) is 5.82 Å². The van der Waals surface area contributed by atoms with Gasteiger partial charge in [-0.25, -0.2) is 9.67 Å². The maximum absolute atomic E-state index is 12.4. The Morgan fingerprint density at radius 1 is 1.25 bits per heavy atom. The lowest BCUT2D eigenvalue weighted by atomic mass is 10.3. The largest absolute Gasteiger partial charge is 0.435 e. The molecule has 0 aromatic carbocycles. The van der Waals surface area contributed by atoms with E-state index >= 15 is 0 Å². The quantitative estimate of drug-likeness (QED) is 0.935. The van der Waals surface area contributed by atoms with E-state index in [1.165, 1.54) is 18.6 Å². The van der Waals surface area contributed by atoms with Crippen molar-refractivity contribution in [1.29, 1.82) is 0 Å². The Hall–Kier alpha value is -1.96. The molecule has 0 aliphatic heterocycles. The molecular formula is C12H14F3N5. The van der Waals surface area contributed by atoms with Gasteiger partial charge in [0, 0.05) is 18.8 Å². The number of halogens is 3. The molecule has 0 bridgehead atoms. The van der Waals surface area contributed by atoms with Gasteiger partial charge in [0.25, 0.3) is 0 Å². The Morgan fingerprint density at radius 3 is 2.50 bits per heavy atom. The van der Waals surface area contributed by atoms with Crippen LogP contribution in [0.4, 0.5) is 13.2 Å². The third kappa shape index (κ3) is 3.53. The lowest BCUT2D eigenvalue weighted by molar-refractivity contribution is -0.141. The highest BCUT2D eigenvalue weighted by atomic mass is 19.4. The van der Waals surface area contributed by atoms with Crippen molar-refractivity contribution in [3.05, 3.63) is 36.0 Å². The third-order valence-electron chi connectivity index (χ3n) is 2.50. The van der Waals surface area contributed by atoms with E-state index < -0.39 is 11.9 Å². The Balaban J connectivity index is 2.12. The van der Waals surface area contributed by atoms with Gasteiger partial charge in [-0.15, -0.1) is 0 Å². The van der Waals surface area contributed by atoms with Gasteiger partial charge in [-0.05, 0) is 6.07 Å². The summed E-state index contributed by atoms with van der Waals surface area (Å²) < 4.78 is 38.4. The summed E-state index contributed by atoms with van der Waals surface area (Å²) >= 11 is 0. The number of nitrogens with one attached hydrogen (secondary N) is 1. The Bertz CT molecular complexity index is 559. The van der Waals surface area contributed by atoms with Crippen molar-refractivity contribution < 1.29 is 13.2 Å². The summed E-state index contributed by atoms with van der Waals surface area (Å²) in [5, 5.41) is 6.60. The summed E-state index contributed by atoms with van der Waals surface area (Å²) in [4.78, 5) is 8.18. The lowest BCUT2D eigenvalue weighted by Gasteiger charge is -2.07. The minimum atomic E-state index is -4.46. The molecule has 0 saturated carbocycles. The number of nitrogens with zero attached hydrogens (tertiary/aromatic N) is 4. The molecular weight excluding hydrogens is 271 g/mol. The maximum Gasteiger partial charge on any atom is 0.435 e. The van der Waals surface area contributed by atoms with Crippen LogP contribution in [0.25, 0.3) is 5.82 Å². The fourth-order valence-corrected chi connectivity index (χ4v) is 1.47. The second kappa shape index (κ2) is 5.58. The summed E-state index contributed by atoms with van der Waals surface area (Å²) in [6, 6.07) is 1.22. The van der Waals surface area contributed by atoms with E-state index in [9.17, 15) is 13.2 Å². The molecule has 2 aromatic heterocycles. The van der Waals surface area contributed by atoms with Gasteiger partial charge in [0.05, 0.1) is 18.1 Å². The first-order valence-electron chi connectivity index (χ1n) is 6.04. The molecule has 2 rings (SSSR count). The monoisotopic (exact) mass is 285 g/mol. The van der Waals surface area contributed by atoms with Crippen LogP contribution < -0.4 is 5.32 Å². The van der Waals surface area contributed by atoms with Crippen molar-refractivity contribution in [2.75, 3.05) is 0 Å². The predicted octanol–water partition coefficient (Wildman–Crippen LogP) is 2.18. The second-order valence-electron chi connectivity index (χ2n) is 4.54. The van der Waals surface area contributed by atoms with Crippen LogP contribution in [0.5, 0.6) is 0 Å². The molecule has 0 unspecified atom stereocenters. The van der Waals surface area contributed by atoms with Crippen LogP contribution in [-0.4, -0.2) is 25.8 Å². The molecule has 20 heavy (non-hydrogen) atoms. The first-order valence-corrected chi connectivity index (χ1v) is 6.04. The van der Waals surface area contributed by atoms with Gasteiger partial charge in [-0.1, -0.05) is 13.8 Å². The van der Waals surface area contributed by atoms with E-state index in [4.69, 9.17) is 0 Å². The first kappa shape index (κ1) is 14.4. The minimum Gasteiger partial charge on any atom is -0.309 e. The second-order valence-corrected chi connectivity index (χ2v) is 4.54. The number of hydrogen-bond acceptors (Lipinski definition) is 4. The topological polar surface area (TPSA) is 55.6 Å². The van der Waals surface area contributed by atoms with Crippen LogP contribution >= 0.6 is 0 Å². The van der Waals surface area contributed by atoms with Gasteiger partial charge in [-0.3, -0.25) is 4.98 Å². The zero-order valence-corrected chi connectivity index (χ0v) is 11.0. The summed E-state index contributed by atoms with van der Waals surface area (Å²) in [5.41, 5.74) is -0.240. The van der Waals surface area contributed by atoms with Crippen molar-refractivity contribution >= 4 is 0 Å². The maximum atomic E-state index is 12.4. The highest BCUT2D eigenvalue weighted by Crippen LogP contribution is 2.27. The number of hydrogen-bond donors (Lipinski definition) is 1. The Labute approximate surface area is 113 Å². The molecule has 0 aliphatic carbocycles. The highest BCUT2D eigenvalue weighted by molar-refractivity contribution is 5.19. The average Bonchev–Trinajstić information content (AvgIpc) is 2.86. The van der Waals surface area contributed by atoms with Crippen LogP contribution in [0.3, 0.4) is 0 Å². The molecule has 0 spiro atoms. The molecule has 1 N–H and O–H groups in total. The van der Waals surface area contributed by atoms with E-state index in [-0.39, 0.29) is 5.82 Å². The van der Waals surface area contributed by atoms with E-state index in [2.05, 4.69) is 20.4 Å². The van der Waals surface area contributed by atoms with Crippen molar-refractivity contribution in [2.24, 2.45) is 0 Å². The molecule has 108 valence electrons. The average molecular weight is 285 g/mol. The molecule has 0 aliphatic rings. The molecule has 0 saturated heterocycles. The van der Waals surface area contributed by atoms with Gasteiger partial charge in [0.1, 0.15) is 0 Å². The summed E-state index contributed by atoms with van der Waals surface area (Å²) in [5.74, 6) is 0.244. The standard InChI is InChI=1S/C12H14F3N5/c1-8(2)16-5-9-6-18-11(7-17-9)20-4-3-10(19-20)12(13,14)15/h3-4,6-8,16H,5H2,1-2H3. The fraction of sp³-hybridized carbons (Fsp3) is 0.417. The van der Waals surface area contributed by atoms with Gasteiger partial charge < -0.3 is 5.32 Å². The zero-order chi connectivity index (χ0) is 14.8. The number of aromatic nitrogens is 4. The number of rotatable bonds is 4. The SMILES string of the molecule is CC(C)NCc1cnc(-n2ccc(C(F)(F)F)n2)cn1. The van der Waals surface area contributed by atoms with E-state index in [0.717, 1.165) is 10.7 Å². The minimum absolute atomic E-state index is 0.244. The smallest absolute Gasteiger partial charge is 0.309 e. The molecule has 8 heteroatoms. The molecule has 0 radical (unpaired) electrons. The van der Waals surface area contributed by atoms with Gasteiger partial charge in [-0.2, -0.15) is 18.3 Å². The van der Waals surface area contributed by atoms with E-state index in [1.54, 1.807) is 0 Å². The van der Waals surface area contributed by atoms with Gasteiger partial charge in [0.15, 0.2) is 11.5 Å².